The summed E-state index contributed by atoms with van der Waals surface area (Å²) in [6, 6.07) is 2.27. The smallest absolute Gasteiger partial charge is 0.256 e. The van der Waals surface area contributed by atoms with Crippen molar-refractivity contribution in [3.63, 3.8) is 0 Å². The standard InChI is InChI=1S/C13H20F2N2/c1-10(2)12(8-13(12,14)15)9-17-5-3-11(7-16)4-6-17/h10-11H,3-6,8-9H2,1-2H3. The van der Waals surface area contributed by atoms with Crippen LogP contribution in [0.25, 0.3) is 0 Å². The van der Waals surface area contributed by atoms with Gasteiger partial charge in [0.1, 0.15) is 0 Å². The van der Waals surface area contributed by atoms with Gasteiger partial charge in [-0.2, -0.15) is 5.26 Å². The summed E-state index contributed by atoms with van der Waals surface area (Å²) < 4.78 is 27.0. The van der Waals surface area contributed by atoms with Crippen molar-refractivity contribution >= 4 is 0 Å². The molecule has 2 fully saturated rings. The molecular weight excluding hydrogens is 222 g/mol. The van der Waals surface area contributed by atoms with Gasteiger partial charge in [0.25, 0.3) is 5.92 Å². The molecule has 1 atom stereocenters. The first kappa shape index (κ1) is 12.8. The van der Waals surface area contributed by atoms with Gasteiger partial charge >= 0.3 is 0 Å². The number of hydrogen-bond acceptors (Lipinski definition) is 2. The lowest BCUT2D eigenvalue weighted by molar-refractivity contribution is 0.0204. The molecule has 0 bridgehead atoms. The van der Waals surface area contributed by atoms with Gasteiger partial charge in [-0.1, -0.05) is 13.8 Å². The van der Waals surface area contributed by atoms with E-state index in [-0.39, 0.29) is 18.3 Å². The highest BCUT2D eigenvalue weighted by Gasteiger charge is 2.72. The first-order valence-electron chi connectivity index (χ1n) is 6.41. The minimum Gasteiger partial charge on any atom is -0.302 e. The zero-order valence-corrected chi connectivity index (χ0v) is 10.5. The van der Waals surface area contributed by atoms with Gasteiger partial charge in [-0.25, -0.2) is 8.78 Å². The Morgan fingerprint density at radius 2 is 1.88 bits per heavy atom. The summed E-state index contributed by atoms with van der Waals surface area (Å²) in [5.41, 5.74) is -0.799. The predicted octanol–water partition coefficient (Wildman–Crippen LogP) is 2.90. The summed E-state index contributed by atoms with van der Waals surface area (Å²) in [6.07, 6.45) is 1.70. The zero-order valence-electron chi connectivity index (χ0n) is 10.5. The number of nitriles is 1. The van der Waals surface area contributed by atoms with E-state index >= 15 is 0 Å². The van der Waals surface area contributed by atoms with Crippen LogP contribution in [0.1, 0.15) is 33.1 Å². The molecule has 17 heavy (non-hydrogen) atoms. The van der Waals surface area contributed by atoms with E-state index in [1.165, 1.54) is 0 Å². The first-order chi connectivity index (χ1) is 7.91. The average Bonchev–Trinajstić information content (AvgIpc) is 2.83. The molecular formula is C13H20F2N2. The first-order valence-corrected chi connectivity index (χ1v) is 6.41. The van der Waals surface area contributed by atoms with Crippen molar-refractivity contribution < 1.29 is 8.78 Å². The van der Waals surface area contributed by atoms with Crippen LogP contribution >= 0.6 is 0 Å². The largest absolute Gasteiger partial charge is 0.302 e. The molecule has 1 heterocycles. The van der Waals surface area contributed by atoms with E-state index in [1.807, 2.05) is 13.8 Å². The van der Waals surface area contributed by atoms with E-state index in [2.05, 4.69) is 11.0 Å². The quantitative estimate of drug-likeness (QED) is 0.761. The van der Waals surface area contributed by atoms with Crippen molar-refractivity contribution in [3.8, 4) is 6.07 Å². The van der Waals surface area contributed by atoms with Crippen LogP contribution in [-0.2, 0) is 0 Å². The maximum Gasteiger partial charge on any atom is 0.256 e. The SMILES string of the molecule is CC(C)C1(CN2CCC(C#N)CC2)CC1(F)F. The van der Waals surface area contributed by atoms with Crippen molar-refractivity contribution in [2.45, 2.75) is 39.0 Å². The summed E-state index contributed by atoms with van der Waals surface area (Å²) in [5, 5.41) is 8.80. The van der Waals surface area contributed by atoms with Crippen molar-refractivity contribution in [1.29, 1.82) is 5.26 Å². The lowest BCUT2D eigenvalue weighted by atomic mass is 9.89. The summed E-state index contributed by atoms with van der Waals surface area (Å²) >= 11 is 0. The number of alkyl halides is 2. The van der Waals surface area contributed by atoms with E-state index in [9.17, 15) is 8.78 Å². The van der Waals surface area contributed by atoms with Gasteiger partial charge in [-0.3, -0.25) is 0 Å². The summed E-state index contributed by atoms with van der Waals surface area (Å²) in [6.45, 7) is 5.87. The van der Waals surface area contributed by atoms with Crippen LogP contribution < -0.4 is 0 Å². The number of piperidine rings is 1. The minimum absolute atomic E-state index is 0.0196. The predicted molar refractivity (Wildman–Crippen MR) is 61.6 cm³/mol. The van der Waals surface area contributed by atoms with E-state index in [0.717, 1.165) is 25.9 Å². The van der Waals surface area contributed by atoms with Gasteiger partial charge < -0.3 is 4.90 Å². The normalized spacial score (nSPS) is 33.6. The lowest BCUT2D eigenvalue weighted by Gasteiger charge is -2.33. The van der Waals surface area contributed by atoms with Crippen LogP contribution in [0.2, 0.25) is 0 Å². The molecule has 0 amide bonds. The molecule has 0 radical (unpaired) electrons. The molecule has 0 aromatic heterocycles. The molecule has 1 unspecified atom stereocenters. The summed E-state index contributed by atoms with van der Waals surface area (Å²) in [4.78, 5) is 2.12. The minimum atomic E-state index is -2.48. The van der Waals surface area contributed by atoms with E-state index < -0.39 is 11.3 Å². The average molecular weight is 242 g/mol. The molecule has 1 aliphatic heterocycles. The van der Waals surface area contributed by atoms with Crippen LogP contribution in [0, 0.1) is 28.6 Å². The molecule has 96 valence electrons. The Morgan fingerprint density at radius 3 is 2.24 bits per heavy atom. The van der Waals surface area contributed by atoms with Crippen LogP contribution in [0.15, 0.2) is 0 Å². The van der Waals surface area contributed by atoms with Gasteiger partial charge in [-0.15, -0.1) is 0 Å². The Kier molecular flexibility index (Phi) is 3.15. The Hall–Kier alpha value is -0.690. The molecule has 2 nitrogen and oxygen atoms in total. The Bertz CT molecular complexity index is 327. The van der Waals surface area contributed by atoms with Crippen LogP contribution in [0.5, 0.6) is 0 Å². The van der Waals surface area contributed by atoms with Crippen molar-refractivity contribution in [3.05, 3.63) is 0 Å². The third kappa shape index (κ3) is 2.18. The highest BCUT2D eigenvalue weighted by atomic mass is 19.3. The third-order valence-corrected chi connectivity index (χ3v) is 4.52. The Labute approximate surface area is 102 Å². The molecule has 0 N–H and O–H groups in total. The Morgan fingerprint density at radius 1 is 1.35 bits per heavy atom. The molecule has 0 aromatic carbocycles. The molecule has 2 rings (SSSR count). The number of hydrogen-bond donors (Lipinski definition) is 0. The van der Waals surface area contributed by atoms with Crippen molar-refractivity contribution in [2.75, 3.05) is 19.6 Å². The van der Waals surface area contributed by atoms with E-state index in [1.54, 1.807) is 0 Å². The maximum atomic E-state index is 13.5. The highest BCUT2D eigenvalue weighted by molar-refractivity contribution is 5.13. The molecule has 1 saturated carbocycles. The fourth-order valence-electron chi connectivity index (χ4n) is 2.95. The molecule has 0 spiro atoms. The molecule has 2 aliphatic rings. The van der Waals surface area contributed by atoms with Gasteiger partial charge in [0.15, 0.2) is 0 Å². The van der Waals surface area contributed by atoms with Crippen molar-refractivity contribution in [1.82, 2.24) is 4.90 Å². The number of likely N-dealkylation sites (tertiary alicyclic amines) is 1. The molecule has 0 aromatic rings. The second-order valence-corrected chi connectivity index (χ2v) is 5.87. The second kappa shape index (κ2) is 4.20. The van der Waals surface area contributed by atoms with Gasteiger partial charge in [0.05, 0.1) is 11.5 Å². The van der Waals surface area contributed by atoms with Gasteiger partial charge in [0.2, 0.25) is 0 Å². The fraction of sp³-hybridized carbons (Fsp3) is 0.923. The van der Waals surface area contributed by atoms with Crippen LogP contribution in [-0.4, -0.2) is 30.5 Å². The van der Waals surface area contributed by atoms with Gasteiger partial charge in [-0.05, 0) is 31.8 Å². The fourth-order valence-corrected chi connectivity index (χ4v) is 2.95. The van der Waals surface area contributed by atoms with Crippen molar-refractivity contribution in [2.24, 2.45) is 17.3 Å². The Balaban J connectivity index is 1.92. The molecule has 1 aliphatic carbocycles. The molecule has 1 saturated heterocycles. The molecule has 4 heteroatoms. The second-order valence-electron chi connectivity index (χ2n) is 5.87. The number of nitrogens with zero attached hydrogens (tertiary/aromatic N) is 2. The summed E-state index contributed by atoms with van der Waals surface area (Å²) in [7, 11) is 0. The van der Waals surface area contributed by atoms with Crippen LogP contribution in [0.3, 0.4) is 0 Å². The van der Waals surface area contributed by atoms with Gasteiger partial charge in [0, 0.05) is 18.9 Å². The maximum absolute atomic E-state index is 13.5. The monoisotopic (exact) mass is 242 g/mol. The number of rotatable bonds is 3. The summed E-state index contributed by atoms with van der Waals surface area (Å²) in [5.74, 6) is -2.33. The highest BCUT2D eigenvalue weighted by Crippen LogP contribution is 2.65. The topological polar surface area (TPSA) is 27.0 Å². The number of halogens is 2. The van der Waals surface area contributed by atoms with E-state index in [0.29, 0.717) is 6.54 Å². The van der Waals surface area contributed by atoms with Crippen LogP contribution in [0.4, 0.5) is 8.78 Å². The van der Waals surface area contributed by atoms with E-state index in [4.69, 9.17) is 5.26 Å². The third-order valence-electron chi connectivity index (χ3n) is 4.52. The lowest BCUT2D eigenvalue weighted by Crippen LogP contribution is -2.40. The zero-order chi connectivity index (χ0) is 12.7.